The van der Waals surface area contributed by atoms with Crippen molar-refractivity contribution < 1.29 is 14.7 Å². The highest BCUT2D eigenvalue weighted by molar-refractivity contribution is 5.79. The first kappa shape index (κ1) is 16.0. The maximum absolute atomic E-state index is 12.2. The van der Waals surface area contributed by atoms with Gasteiger partial charge in [0.2, 0.25) is 0 Å². The van der Waals surface area contributed by atoms with E-state index in [1.54, 1.807) is 17.9 Å². The number of carboxylic acids is 1. The number of carbonyl (C=O) groups is 2. The van der Waals surface area contributed by atoms with Gasteiger partial charge in [0.1, 0.15) is 6.33 Å². The van der Waals surface area contributed by atoms with Crippen LogP contribution in [0, 0.1) is 5.41 Å². The molecule has 0 radical (unpaired) electrons. The average molecular weight is 329 g/mol. The number of carbonyl (C=O) groups excluding carboxylic acids is 1. The summed E-state index contributed by atoms with van der Waals surface area (Å²) in [7, 11) is 0. The van der Waals surface area contributed by atoms with Crippen molar-refractivity contribution >= 4 is 12.0 Å². The first-order valence-corrected chi connectivity index (χ1v) is 7.70. The molecular formula is C16H19N5O3. The number of hydrogen-bond donors (Lipinski definition) is 2. The van der Waals surface area contributed by atoms with Gasteiger partial charge in [-0.05, 0) is 25.5 Å². The number of likely N-dealkylation sites (tertiary alicyclic amines) is 1. The fourth-order valence-corrected chi connectivity index (χ4v) is 2.66. The van der Waals surface area contributed by atoms with Crippen molar-refractivity contribution in [1.29, 1.82) is 0 Å². The van der Waals surface area contributed by atoms with Gasteiger partial charge in [0, 0.05) is 13.1 Å². The van der Waals surface area contributed by atoms with Crippen molar-refractivity contribution in [2.75, 3.05) is 13.1 Å². The summed E-state index contributed by atoms with van der Waals surface area (Å²) < 4.78 is 1.64. The van der Waals surface area contributed by atoms with Crippen LogP contribution < -0.4 is 5.32 Å². The molecule has 24 heavy (non-hydrogen) atoms. The van der Waals surface area contributed by atoms with Crippen LogP contribution in [-0.2, 0) is 11.3 Å². The third-order valence-corrected chi connectivity index (χ3v) is 4.23. The van der Waals surface area contributed by atoms with E-state index in [1.165, 1.54) is 4.90 Å². The van der Waals surface area contributed by atoms with Crippen molar-refractivity contribution in [1.82, 2.24) is 25.0 Å². The van der Waals surface area contributed by atoms with Crippen molar-refractivity contribution in [3.05, 3.63) is 42.5 Å². The highest BCUT2D eigenvalue weighted by Crippen LogP contribution is 2.29. The summed E-state index contributed by atoms with van der Waals surface area (Å²) >= 11 is 0. The molecule has 0 saturated carbocycles. The Kier molecular flexibility index (Phi) is 4.20. The van der Waals surface area contributed by atoms with Crippen LogP contribution in [0.2, 0.25) is 0 Å². The molecule has 2 amide bonds. The lowest BCUT2D eigenvalue weighted by Gasteiger charge is -2.20. The highest BCUT2D eigenvalue weighted by Gasteiger charge is 2.42. The lowest BCUT2D eigenvalue weighted by atomic mass is 9.90. The summed E-state index contributed by atoms with van der Waals surface area (Å²) in [6.07, 6.45) is 2.05. The lowest BCUT2D eigenvalue weighted by molar-refractivity contribution is -0.147. The molecule has 126 valence electrons. The zero-order valence-corrected chi connectivity index (χ0v) is 13.3. The number of nitrogens with zero attached hydrogens (tertiary/aromatic N) is 4. The lowest BCUT2D eigenvalue weighted by Crippen LogP contribution is -2.40. The Morgan fingerprint density at radius 1 is 1.33 bits per heavy atom. The monoisotopic (exact) mass is 329 g/mol. The van der Waals surface area contributed by atoms with Crippen LogP contribution in [0.3, 0.4) is 0 Å². The first-order valence-electron chi connectivity index (χ1n) is 7.70. The molecule has 1 aromatic carbocycles. The SMILES string of the molecule is CC1(C(=O)O)CCN(C(=O)NCc2ncn(-c3ccccc3)n2)C1. The third kappa shape index (κ3) is 3.22. The van der Waals surface area contributed by atoms with E-state index in [4.69, 9.17) is 0 Å². The van der Waals surface area contributed by atoms with Crippen molar-refractivity contribution in [3.63, 3.8) is 0 Å². The van der Waals surface area contributed by atoms with E-state index < -0.39 is 11.4 Å². The number of benzene rings is 1. The van der Waals surface area contributed by atoms with Gasteiger partial charge < -0.3 is 15.3 Å². The van der Waals surface area contributed by atoms with E-state index in [1.807, 2.05) is 30.3 Å². The maximum Gasteiger partial charge on any atom is 0.317 e. The molecule has 2 N–H and O–H groups in total. The molecule has 1 aromatic heterocycles. The fourth-order valence-electron chi connectivity index (χ4n) is 2.66. The number of rotatable bonds is 4. The molecule has 1 aliphatic rings. The Morgan fingerprint density at radius 2 is 2.08 bits per heavy atom. The molecule has 0 spiro atoms. The predicted octanol–water partition coefficient (Wildman–Crippen LogP) is 1.27. The largest absolute Gasteiger partial charge is 0.481 e. The van der Waals surface area contributed by atoms with Gasteiger partial charge in [-0.1, -0.05) is 18.2 Å². The highest BCUT2D eigenvalue weighted by atomic mass is 16.4. The summed E-state index contributed by atoms with van der Waals surface area (Å²) in [5, 5.41) is 16.3. The molecule has 8 heteroatoms. The minimum atomic E-state index is -0.874. The number of hydrogen-bond acceptors (Lipinski definition) is 4. The van der Waals surface area contributed by atoms with E-state index in [0.717, 1.165) is 5.69 Å². The van der Waals surface area contributed by atoms with Crippen molar-refractivity contribution in [2.45, 2.75) is 19.9 Å². The topological polar surface area (TPSA) is 100 Å². The molecule has 0 bridgehead atoms. The van der Waals surface area contributed by atoms with Gasteiger partial charge in [-0.15, -0.1) is 5.10 Å². The molecule has 2 heterocycles. The Hall–Kier alpha value is -2.90. The van der Waals surface area contributed by atoms with Gasteiger partial charge in [-0.25, -0.2) is 14.5 Å². The van der Waals surface area contributed by atoms with Gasteiger partial charge in [-0.2, -0.15) is 0 Å². The van der Waals surface area contributed by atoms with Gasteiger partial charge in [-0.3, -0.25) is 4.79 Å². The van der Waals surface area contributed by atoms with Crippen LogP contribution in [0.1, 0.15) is 19.2 Å². The summed E-state index contributed by atoms with van der Waals surface area (Å²) in [5.74, 6) is -0.381. The van der Waals surface area contributed by atoms with E-state index in [9.17, 15) is 14.7 Å². The Labute approximate surface area is 139 Å². The quantitative estimate of drug-likeness (QED) is 0.880. The van der Waals surface area contributed by atoms with Crippen molar-refractivity contribution in [3.8, 4) is 5.69 Å². The van der Waals surface area contributed by atoms with Crippen LogP contribution in [-0.4, -0.2) is 49.9 Å². The van der Waals surface area contributed by atoms with Crippen LogP contribution in [0.15, 0.2) is 36.7 Å². The third-order valence-electron chi connectivity index (χ3n) is 4.23. The second-order valence-electron chi connectivity index (χ2n) is 6.14. The van der Waals surface area contributed by atoms with Gasteiger partial charge in [0.15, 0.2) is 5.82 Å². The number of nitrogens with one attached hydrogen (secondary N) is 1. The van der Waals surface area contributed by atoms with Gasteiger partial charge >= 0.3 is 12.0 Å². The molecule has 1 atom stereocenters. The van der Waals surface area contributed by atoms with Crippen LogP contribution in [0.4, 0.5) is 4.79 Å². The second kappa shape index (κ2) is 6.31. The predicted molar refractivity (Wildman–Crippen MR) is 85.5 cm³/mol. The van der Waals surface area contributed by atoms with E-state index >= 15 is 0 Å². The minimum absolute atomic E-state index is 0.193. The number of amides is 2. The smallest absolute Gasteiger partial charge is 0.317 e. The molecule has 1 unspecified atom stereocenters. The molecule has 1 saturated heterocycles. The molecule has 8 nitrogen and oxygen atoms in total. The number of urea groups is 1. The number of carboxylic acid groups (broad SMARTS) is 1. The number of para-hydroxylation sites is 1. The normalized spacial score (nSPS) is 20.1. The van der Waals surface area contributed by atoms with E-state index in [-0.39, 0.29) is 19.1 Å². The molecule has 0 aliphatic carbocycles. The van der Waals surface area contributed by atoms with Gasteiger partial charge in [0.05, 0.1) is 17.6 Å². The number of aliphatic carboxylic acids is 1. The molecule has 3 rings (SSSR count). The zero-order valence-electron chi connectivity index (χ0n) is 13.3. The Balaban J connectivity index is 1.56. The summed E-state index contributed by atoms with van der Waals surface area (Å²) in [5.41, 5.74) is 0.0177. The minimum Gasteiger partial charge on any atom is -0.481 e. The zero-order chi connectivity index (χ0) is 17.2. The van der Waals surface area contributed by atoms with E-state index in [0.29, 0.717) is 18.8 Å². The first-order chi connectivity index (χ1) is 11.5. The van der Waals surface area contributed by atoms with Gasteiger partial charge in [0.25, 0.3) is 0 Å². The average Bonchev–Trinajstić information content (AvgIpc) is 3.21. The Morgan fingerprint density at radius 3 is 2.75 bits per heavy atom. The Bertz CT molecular complexity index is 745. The summed E-state index contributed by atoms with van der Waals surface area (Å²) in [6, 6.07) is 9.26. The second-order valence-corrected chi connectivity index (χ2v) is 6.14. The fraction of sp³-hybridized carbons (Fsp3) is 0.375. The summed E-state index contributed by atoms with van der Waals surface area (Å²) in [6.45, 7) is 2.49. The molecule has 1 aliphatic heterocycles. The van der Waals surface area contributed by atoms with E-state index in [2.05, 4.69) is 15.4 Å². The maximum atomic E-state index is 12.2. The molecular weight excluding hydrogens is 310 g/mol. The van der Waals surface area contributed by atoms with Crippen LogP contribution >= 0.6 is 0 Å². The van der Waals surface area contributed by atoms with Crippen LogP contribution in [0.25, 0.3) is 5.69 Å². The standard InChI is InChI=1S/C16H19N5O3/c1-16(14(22)23)7-8-20(10-16)15(24)17-9-13-18-11-21(19-13)12-5-3-2-4-6-12/h2-6,11H,7-10H2,1H3,(H,17,24)(H,22,23). The van der Waals surface area contributed by atoms with Crippen LogP contribution in [0.5, 0.6) is 0 Å². The molecule has 2 aromatic rings. The van der Waals surface area contributed by atoms with Crippen molar-refractivity contribution in [2.24, 2.45) is 5.41 Å². The molecule has 1 fully saturated rings. The summed E-state index contributed by atoms with van der Waals surface area (Å²) in [4.78, 5) is 29.1. The number of aromatic nitrogens is 3.